The molecule has 0 heterocycles. The van der Waals surface area contributed by atoms with E-state index in [9.17, 15) is 19.4 Å². The molecule has 3 atom stereocenters. The molecule has 0 rings (SSSR count). The van der Waals surface area contributed by atoms with Crippen molar-refractivity contribution in [2.24, 2.45) is 0 Å². The second-order valence-electron chi connectivity index (χ2n) is 28.5. The number of phosphoric ester groups is 1. The summed E-state index contributed by atoms with van der Waals surface area (Å²) in [4.78, 5) is 23.5. The Morgan fingerprint density at radius 2 is 0.616 bits per heavy atom. The molecular weight excluding hydrogens is 1080 g/mol. The van der Waals surface area contributed by atoms with Gasteiger partial charge in [0.25, 0.3) is 0 Å². The topological polar surface area (TPSA) is 105 Å². The van der Waals surface area contributed by atoms with Crippen LogP contribution >= 0.6 is 7.82 Å². The van der Waals surface area contributed by atoms with Gasteiger partial charge < -0.3 is 19.8 Å². The van der Waals surface area contributed by atoms with Crippen LogP contribution in [0, 0.1) is 0 Å². The van der Waals surface area contributed by atoms with Crippen molar-refractivity contribution in [1.82, 2.24) is 5.32 Å². The Labute approximate surface area is 539 Å². The van der Waals surface area contributed by atoms with Gasteiger partial charge in [-0.2, -0.15) is 0 Å². The van der Waals surface area contributed by atoms with Gasteiger partial charge in [-0.05, 0) is 19.3 Å². The molecule has 3 N–H and O–H groups in total. The van der Waals surface area contributed by atoms with Gasteiger partial charge >= 0.3 is 7.82 Å². The SMILES string of the molecule is CCCCCCCCCCCCCCCCCCCCCCCCCCCCCC/C=C/C(O)C(COP(=O)(O)OCC[N+](C)(C)C)NC(=O)CCCCCCCCCCCCCCCCCCCCCCCCCCCCCCCCCCCC. The van der Waals surface area contributed by atoms with Crippen LogP contribution in [-0.2, 0) is 18.4 Å². The van der Waals surface area contributed by atoms with Crippen molar-refractivity contribution in [1.29, 1.82) is 0 Å². The molecule has 0 saturated heterocycles. The van der Waals surface area contributed by atoms with Crippen LogP contribution in [0.4, 0.5) is 0 Å². The van der Waals surface area contributed by atoms with Crippen LogP contribution in [0.1, 0.15) is 425 Å². The Hall–Kier alpha value is -0.760. The largest absolute Gasteiger partial charge is 0.472 e. The highest BCUT2D eigenvalue weighted by Crippen LogP contribution is 2.43. The molecule has 0 aliphatic heterocycles. The zero-order valence-electron chi connectivity index (χ0n) is 59.1. The van der Waals surface area contributed by atoms with Crippen molar-refractivity contribution < 1.29 is 32.9 Å². The summed E-state index contributed by atoms with van der Waals surface area (Å²) in [7, 11) is 1.60. The van der Waals surface area contributed by atoms with Gasteiger partial charge in [0, 0.05) is 6.42 Å². The Bertz CT molecular complexity index is 1410. The fourth-order valence-electron chi connectivity index (χ4n) is 12.5. The lowest BCUT2D eigenvalue weighted by atomic mass is 10.0. The molecule has 0 bridgehead atoms. The first-order valence-electron chi connectivity index (χ1n) is 39.1. The molecule has 0 aromatic carbocycles. The predicted molar refractivity (Wildman–Crippen MR) is 379 cm³/mol. The number of aliphatic hydroxyl groups is 1. The maximum absolute atomic E-state index is 13.1. The monoisotopic (exact) mass is 1240 g/mol. The quantitative estimate of drug-likeness (QED) is 0.0243. The van der Waals surface area contributed by atoms with Gasteiger partial charge in [-0.1, -0.05) is 411 Å². The average molecular weight is 1240 g/mol. The van der Waals surface area contributed by atoms with Crippen molar-refractivity contribution in [2.75, 3.05) is 40.9 Å². The average Bonchev–Trinajstić information content (AvgIpc) is 3.68. The second kappa shape index (κ2) is 68.6. The number of hydrogen-bond donors (Lipinski definition) is 3. The highest BCUT2D eigenvalue weighted by Gasteiger charge is 2.28. The summed E-state index contributed by atoms with van der Waals surface area (Å²) in [6.45, 7) is 4.90. The fourth-order valence-corrected chi connectivity index (χ4v) is 13.2. The third-order valence-corrected chi connectivity index (χ3v) is 19.5. The second-order valence-corrected chi connectivity index (χ2v) is 29.9. The number of nitrogens with zero attached hydrogens (tertiary/aromatic N) is 1. The summed E-state index contributed by atoms with van der Waals surface area (Å²) in [5, 5.41) is 14.1. The lowest BCUT2D eigenvalue weighted by Gasteiger charge is -2.25. The van der Waals surface area contributed by atoms with Crippen LogP contribution < -0.4 is 5.32 Å². The van der Waals surface area contributed by atoms with Crippen LogP contribution in [0.5, 0.6) is 0 Å². The summed E-state index contributed by atoms with van der Waals surface area (Å²) in [6.07, 6.45) is 89.7. The standard InChI is InChI=1S/C77H155N2O6P/c1-6-8-10-12-14-16-18-20-22-24-26-28-30-32-34-36-38-39-40-41-43-45-47-49-51-53-55-57-59-61-63-65-67-69-71-77(81)78-75(74-85-86(82,83)84-73-72-79(3,4)5)76(80)70-68-66-64-62-60-58-56-54-52-50-48-46-44-42-37-35-33-31-29-27-25-23-21-19-17-15-13-11-9-7-2/h68,70,75-76,80H,6-67,69,71-74H2,1-5H3,(H-,78,81,82,83)/p+1/b70-68+. The molecule has 0 aromatic heterocycles. The van der Waals surface area contributed by atoms with E-state index in [-0.39, 0.29) is 19.1 Å². The van der Waals surface area contributed by atoms with E-state index in [0.717, 1.165) is 32.1 Å². The van der Waals surface area contributed by atoms with Crippen LogP contribution in [0.2, 0.25) is 0 Å². The van der Waals surface area contributed by atoms with Crippen molar-refractivity contribution in [3.05, 3.63) is 12.2 Å². The van der Waals surface area contributed by atoms with Crippen molar-refractivity contribution in [3.63, 3.8) is 0 Å². The number of amides is 1. The molecule has 0 fully saturated rings. The minimum absolute atomic E-state index is 0.0656. The summed E-state index contributed by atoms with van der Waals surface area (Å²) in [5.74, 6) is -0.165. The molecule has 9 heteroatoms. The molecule has 1 amide bonds. The number of unbranched alkanes of at least 4 members (excludes halogenated alkanes) is 61. The molecule has 0 aromatic rings. The molecule has 0 saturated carbocycles. The Morgan fingerprint density at radius 3 is 0.860 bits per heavy atom. The summed E-state index contributed by atoms with van der Waals surface area (Å²) < 4.78 is 23.9. The minimum atomic E-state index is -4.35. The van der Waals surface area contributed by atoms with E-state index in [4.69, 9.17) is 9.05 Å². The van der Waals surface area contributed by atoms with Gasteiger partial charge in [-0.15, -0.1) is 0 Å². The van der Waals surface area contributed by atoms with E-state index >= 15 is 0 Å². The maximum atomic E-state index is 13.1. The maximum Gasteiger partial charge on any atom is 0.472 e. The number of quaternary nitrogens is 1. The molecule has 514 valence electrons. The van der Waals surface area contributed by atoms with E-state index < -0.39 is 20.0 Å². The van der Waals surface area contributed by atoms with Crippen LogP contribution in [0.3, 0.4) is 0 Å². The number of rotatable bonds is 74. The molecule has 0 spiro atoms. The van der Waals surface area contributed by atoms with E-state index in [0.29, 0.717) is 17.4 Å². The molecule has 8 nitrogen and oxygen atoms in total. The molecule has 0 aliphatic carbocycles. The van der Waals surface area contributed by atoms with Crippen molar-refractivity contribution >= 4 is 13.7 Å². The number of hydrogen-bond acceptors (Lipinski definition) is 5. The predicted octanol–water partition coefficient (Wildman–Crippen LogP) is 25.2. The van der Waals surface area contributed by atoms with Crippen molar-refractivity contribution in [2.45, 2.75) is 437 Å². The fraction of sp³-hybridized carbons (Fsp3) is 0.961. The summed E-state index contributed by atoms with van der Waals surface area (Å²) >= 11 is 0. The van der Waals surface area contributed by atoms with E-state index in [1.807, 2.05) is 27.2 Å². The first-order chi connectivity index (χ1) is 42.0. The first-order valence-corrected chi connectivity index (χ1v) is 40.6. The molecule has 0 aliphatic rings. The number of phosphoric acid groups is 1. The normalized spacial score (nSPS) is 13.5. The number of nitrogens with one attached hydrogen (secondary N) is 1. The van der Waals surface area contributed by atoms with E-state index in [1.165, 1.54) is 372 Å². The van der Waals surface area contributed by atoms with Crippen LogP contribution in [0.15, 0.2) is 12.2 Å². The number of aliphatic hydroxyl groups excluding tert-OH is 1. The van der Waals surface area contributed by atoms with E-state index in [2.05, 4.69) is 19.2 Å². The molecule has 0 radical (unpaired) electrons. The third-order valence-electron chi connectivity index (χ3n) is 18.5. The van der Waals surface area contributed by atoms with Gasteiger partial charge in [0.1, 0.15) is 13.2 Å². The van der Waals surface area contributed by atoms with Crippen molar-refractivity contribution in [3.8, 4) is 0 Å². The third kappa shape index (κ3) is 70.7. The Balaban J connectivity index is 3.95. The summed E-state index contributed by atoms with van der Waals surface area (Å²) in [5.41, 5.74) is 0. The molecular formula is C77H156N2O6P+. The number of allylic oxidation sites excluding steroid dienone is 1. The Kier molecular flexibility index (Phi) is 68.0. The van der Waals surface area contributed by atoms with Gasteiger partial charge in [0.2, 0.25) is 5.91 Å². The Morgan fingerprint density at radius 1 is 0.384 bits per heavy atom. The highest BCUT2D eigenvalue weighted by molar-refractivity contribution is 7.47. The zero-order chi connectivity index (χ0) is 62.6. The molecule has 86 heavy (non-hydrogen) atoms. The molecule has 3 unspecified atom stereocenters. The minimum Gasteiger partial charge on any atom is -0.387 e. The van der Waals surface area contributed by atoms with E-state index in [1.54, 1.807) is 6.08 Å². The smallest absolute Gasteiger partial charge is 0.387 e. The zero-order valence-corrected chi connectivity index (χ0v) is 60.0. The highest BCUT2D eigenvalue weighted by atomic mass is 31.2. The lowest BCUT2D eigenvalue weighted by molar-refractivity contribution is -0.870. The van der Waals surface area contributed by atoms with Gasteiger partial charge in [-0.25, -0.2) is 4.57 Å². The lowest BCUT2D eigenvalue weighted by Crippen LogP contribution is -2.45. The number of likely N-dealkylation sites (N-methyl/N-ethyl adjacent to an activating group) is 1. The van der Waals surface area contributed by atoms with Gasteiger partial charge in [0.05, 0.1) is 39.9 Å². The first kappa shape index (κ1) is 85.2. The number of carbonyl (C=O) groups is 1. The summed E-state index contributed by atoms with van der Waals surface area (Å²) in [6, 6.07) is -0.844. The van der Waals surface area contributed by atoms with Gasteiger partial charge in [-0.3, -0.25) is 13.8 Å². The van der Waals surface area contributed by atoms with Gasteiger partial charge in [0.15, 0.2) is 0 Å². The van der Waals surface area contributed by atoms with Crippen LogP contribution in [0.25, 0.3) is 0 Å². The van der Waals surface area contributed by atoms with Crippen LogP contribution in [-0.4, -0.2) is 73.4 Å². The number of carbonyl (C=O) groups excluding carboxylic acids is 1.